The molecule has 3 N–H and O–H groups in total. The largest absolute Gasteiger partial charge is 0.345 e. The van der Waals surface area contributed by atoms with Crippen LogP contribution in [-0.4, -0.2) is 27.9 Å². The van der Waals surface area contributed by atoms with Crippen LogP contribution in [0, 0.1) is 6.92 Å². The molecule has 3 heterocycles. The maximum absolute atomic E-state index is 11.6. The number of primary sulfonamides is 1. The maximum Gasteiger partial charge on any atom is 0.238 e. The van der Waals surface area contributed by atoms with E-state index in [1.165, 1.54) is 12.1 Å². The van der Waals surface area contributed by atoms with Crippen molar-refractivity contribution >= 4 is 44.3 Å². The monoisotopic (exact) mass is 456 g/mol. The Hall–Kier alpha value is -3.01. The number of nitrogens with zero attached hydrogens (tertiary/aromatic N) is 4. The summed E-state index contributed by atoms with van der Waals surface area (Å²) in [5.74, 6) is 0.319. The van der Waals surface area contributed by atoms with Gasteiger partial charge in [-0.3, -0.25) is 0 Å². The number of nitrogens with two attached hydrogens (primary N) is 1. The molecule has 3 aromatic heterocycles. The fourth-order valence-electron chi connectivity index (χ4n) is 3.51. The first-order chi connectivity index (χ1) is 14.8. The van der Waals surface area contributed by atoms with Gasteiger partial charge in [0.15, 0.2) is 0 Å². The summed E-state index contributed by atoms with van der Waals surface area (Å²) in [4.78, 5) is 13.4. The lowest BCUT2D eigenvalue weighted by atomic mass is 10.1. The number of hydrogen-bond donors (Lipinski definition) is 2. The summed E-state index contributed by atoms with van der Waals surface area (Å²) >= 11 is 6.24. The number of pyridine rings is 1. The Labute approximate surface area is 185 Å². The van der Waals surface area contributed by atoms with E-state index >= 15 is 0 Å². The Morgan fingerprint density at radius 1 is 1.19 bits per heavy atom. The van der Waals surface area contributed by atoms with Crippen molar-refractivity contribution in [3.05, 3.63) is 59.5 Å². The van der Waals surface area contributed by atoms with Crippen molar-refractivity contribution in [2.24, 2.45) is 5.14 Å². The van der Waals surface area contributed by atoms with Gasteiger partial charge >= 0.3 is 0 Å². The third-order valence-electron chi connectivity index (χ3n) is 4.79. The van der Waals surface area contributed by atoms with Gasteiger partial charge < -0.3 is 9.88 Å². The molecule has 0 amide bonds. The van der Waals surface area contributed by atoms with Crippen LogP contribution in [0.25, 0.3) is 22.3 Å². The van der Waals surface area contributed by atoms with E-state index in [2.05, 4.69) is 31.8 Å². The Morgan fingerprint density at radius 2 is 2.00 bits per heavy atom. The first-order valence-corrected chi connectivity index (χ1v) is 11.6. The molecule has 4 aromatic rings. The molecular formula is C21H21ClN6O2S. The van der Waals surface area contributed by atoms with Crippen molar-refractivity contribution in [2.45, 2.75) is 31.7 Å². The Bertz CT molecular complexity index is 1380. The lowest BCUT2D eigenvalue weighted by Gasteiger charge is -2.07. The number of benzene rings is 1. The van der Waals surface area contributed by atoms with Crippen molar-refractivity contribution in [3.63, 3.8) is 0 Å². The number of sulfonamides is 1. The Balaban J connectivity index is 1.77. The van der Waals surface area contributed by atoms with E-state index in [4.69, 9.17) is 16.7 Å². The molecule has 4 rings (SSSR count). The number of hydrogen-bond acceptors (Lipinski definition) is 6. The molecule has 0 unspecified atom stereocenters. The summed E-state index contributed by atoms with van der Waals surface area (Å²) in [6, 6.07) is 9.82. The highest BCUT2D eigenvalue weighted by Gasteiger charge is 2.16. The molecule has 0 saturated carbocycles. The van der Waals surface area contributed by atoms with Gasteiger partial charge in [-0.2, -0.15) is 0 Å². The van der Waals surface area contributed by atoms with Crippen LogP contribution < -0.4 is 10.5 Å². The highest BCUT2D eigenvalue weighted by atomic mass is 35.5. The van der Waals surface area contributed by atoms with Crippen LogP contribution in [0.1, 0.15) is 18.9 Å². The minimum atomic E-state index is -3.81. The summed E-state index contributed by atoms with van der Waals surface area (Å²) in [7, 11) is -3.81. The van der Waals surface area contributed by atoms with Gasteiger partial charge in [0.25, 0.3) is 0 Å². The number of anilines is 2. The molecule has 0 aliphatic carbocycles. The van der Waals surface area contributed by atoms with E-state index in [1.54, 1.807) is 24.4 Å². The van der Waals surface area contributed by atoms with Gasteiger partial charge in [0.2, 0.25) is 16.0 Å². The second-order valence-corrected chi connectivity index (χ2v) is 9.11. The molecule has 0 radical (unpaired) electrons. The zero-order valence-corrected chi connectivity index (χ0v) is 18.6. The van der Waals surface area contributed by atoms with Crippen molar-refractivity contribution in [1.82, 2.24) is 19.5 Å². The van der Waals surface area contributed by atoms with E-state index < -0.39 is 10.0 Å². The molecule has 31 heavy (non-hydrogen) atoms. The van der Waals surface area contributed by atoms with Gasteiger partial charge in [0, 0.05) is 30.2 Å². The van der Waals surface area contributed by atoms with E-state index in [-0.39, 0.29) is 4.90 Å². The quantitative estimate of drug-likeness (QED) is 0.419. The van der Waals surface area contributed by atoms with Crippen LogP contribution in [0.15, 0.2) is 53.7 Å². The molecule has 0 aliphatic heterocycles. The number of halogens is 1. The standard InChI is InChI=1S/C21H21ClN6O2S/c1-3-9-28-12-16(19-20(28)13(2)10-18(22)27-19)17-7-8-24-21(26-17)25-14-5-4-6-15(11-14)31(23,29)30/h4-8,10-12H,3,9H2,1-2H3,(H2,23,29,30)(H,24,25,26). The first kappa shape index (κ1) is 21.2. The molecule has 0 atom stereocenters. The van der Waals surface area contributed by atoms with Crippen LogP contribution in [0.4, 0.5) is 11.6 Å². The van der Waals surface area contributed by atoms with Crippen LogP contribution >= 0.6 is 11.6 Å². The maximum atomic E-state index is 11.6. The van der Waals surface area contributed by atoms with Crippen molar-refractivity contribution < 1.29 is 8.42 Å². The SMILES string of the molecule is CCCn1cc(-c2ccnc(Nc3cccc(S(N)(=O)=O)c3)n2)c2nc(Cl)cc(C)c21. The molecule has 0 spiro atoms. The Kier molecular flexibility index (Phi) is 5.65. The minimum Gasteiger partial charge on any atom is -0.345 e. The van der Waals surface area contributed by atoms with Crippen LogP contribution in [0.3, 0.4) is 0 Å². The molecule has 160 valence electrons. The van der Waals surface area contributed by atoms with E-state index in [0.717, 1.165) is 35.1 Å². The van der Waals surface area contributed by atoms with Gasteiger partial charge in [-0.05, 0) is 49.2 Å². The average Bonchev–Trinajstić information content (AvgIpc) is 3.06. The lowest BCUT2D eigenvalue weighted by Crippen LogP contribution is -2.12. The summed E-state index contributed by atoms with van der Waals surface area (Å²) in [5, 5.41) is 8.67. The van der Waals surface area contributed by atoms with Crippen molar-refractivity contribution in [2.75, 3.05) is 5.32 Å². The number of nitrogens with one attached hydrogen (secondary N) is 1. The van der Waals surface area contributed by atoms with Gasteiger partial charge in [-0.1, -0.05) is 24.6 Å². The third-order valence-corrected chi connectivity index (χ3v) is 5.90. The van der Waals surface area contributed by atoms with E-state index in [1.807, 2.05) is 19.2 Å². The predicted octanol–water partition coefficient (Wildman–Crippen LogP) is 4.26. The van der Waals surface area contributed by atoms with Crippen LogP contribution in [0.5, 0.6) is 0 Å². The van der Waals surface area contributed by atoms with Gasteiger partial charge in [-0.25, -0.2) is 28.5 Å². The van der Waals surface area contributed by atoms with Gasteiger partial charge in [0.05, 0.1) is 21.6 Å². The summed E-state index contributed by atoms with van der Waals surface area (Å²) in [6.07, 6.45) is 4.63. The molecule has 0 bridgehead atoms. The topological polar surface area (TPSA) is 116 Å². The molecule has 0 fully saturated rings. The molecule has 1 aromatic carbocycles. The highest BCUT2D eigenvalue weighted by molar-refractivity contribution is 7.89. The van der Waals surface area contributed by atoms with Crippen molar-refractivity contribution in [1.29, 1.82) is 0 Å². The van der Waals surface area contributed by atoms with Gasteiger partial charge in [-0.15, -0.1) is 0 Å². The van der Waals surface area contributed by atoms with Gasteiger partial charge in [0.1, 0.15) is 5.15 Å². The Morgan fingerprint density at radius 3 is 2.74 bits per heavy atom. The predicted molar refractivity (Wildman–Crippen MR) is 122 cm³/mol. The fraction of sp³-hybridized carbons (Fsp3) is 0.190. The first-order valence-electron chi connectivity index (χ1n) is 9.65. The van der Waals surface area contributed by atoms with Crippen LogP contribution in [0.2, 0.25) is 5.15 Å². The van der Waals surface area contributed by atoms with E-state index in [0.29, 0.717) is 22.5 Å². The third kappa shape index (κ3) is 4.39. The lowest BCUT2D eigenvalue weighted by molar-refractivity contribution is 0.598. The van der Waals surface area contributed by atoms with E-state index in [9.17, 15) is 8.42 Å². The molecule has 0 saturated heterocycles. The molecular weight excluding hydrogens is 436 g/mol. The van der Waals surface area contributed by atoms with Crippen LogP contribution in [-0.2, 0) is 16.6 Å². The average molecular weight is 457 g/mol. The highest BCUT2D eigenvalue weighted by Crippen LogP contribution is 2.32. The fourth-order valence-corrected chi connectivity index (χ4v) is 4.32. The summed E-state index contributed by atoms with van der Waals surface area (Å²) in [5.41, 5.74) is 4.87. The minimum absolute atomic E-state index is 0.00519. The zero-order valence-electron chi connectivity index (χ0n) is 17.0. The zero-order chi connectivity index (χ0) is 22.2. The smallest absolute Gasteiger partial charge is 0.238 e. The molecule has 10 heteroatoms. The number of fused-ring (bicyclic) bond motifs is 1. The molecule has 0 aliphatic rings. The summed E-state index contributed by atoms with van der Waals surface area (Å²) < 4.78 is 25.4. The second-order valence-electron chi connectivity index (χ2n) is 7.16. The number of aryl methyl sites for hydroxylation is 2. The number of rotatable bonds is 6. The van der Waals surface area contributed by atoms with Crippen molar-refractivity contribution in [3.8, 4) is 11.3 Å². The summed E-state index contributed by atoms with van der Waals surface area (Å²) in [6.45, 7) is 4.97. The molecule has 8 nitrogen and oxygen atoms in total. The second kappa shape index (κ2) is 8.26. The number of aromatic nitrogens is 4. The normalized spacial score (nSPS) is 11.7.